The topological polar surface area (TPSA) is 26.0 Å². The maximum Gasteiger partial charge on any atom is 0.0180 e. The minimum atomic E-state index is 0.707. The largest absolute Gasteiger partial charge is 0.326 e. The molecule has 1 rings (SSSR count). The van der Waals surface area contributed by atoms with Crippen LogP contribution in [0.2, 0.25) is 0 Å². The molecule has 0 aliphatic carbocycles. The van der Waals surface area contributed by atoms with E-state index < -0.39 is 0 Å². The monoisotopic (exact) mass is 738 g/mol. The summed E-state index contributed by atoms with van der Waals surface area (Å²) < 4.78 is 0. The summed E-state index contributed by atoms with van der Waals surface area (Å²) in [7, 11) is 0. The fourth-order valence-corrected chi connectivity index (χ4v) is 8.81. The van der Waals surface area contributed by atoms with Gasteiger partial charge in [0.2, 0.25) is 0 Å². The van der Waals surface area contributed by atoms with Gasteiger partial charge in [0, 0.05) is 6.54 Å². The minimum absolute atomic E-state index is 0.707. The molecule has 0 amide bonds. The van der Waals surface area contributed by atoms with E-state index in [2.05, 4.69) is 32.9 Å². The third-order valence-corrected chi connectivity index (χ3v) is 12.5. The van der Waals surface area contributed by atoms with E-state index in [1.807, 2.05) is 0 Å². The number of nitrogens with two attached hydrogens (primary N) is 1. The molecule has 1 aromatic carbocycles. The molecule has 0 aromatic heterocycles. The molecule has 2 N–H and O–H groups in total. The Hall–Kier alpha value is -0.820. The molecular weight excluding hydrogens is 639 g/mol. The van der Waals surface area contributed by atoms with Crippen LogP contribution in [0.15, 0.2) is 12.1 Å². The Balaban J connectivity index is 2.49. The maximum absolute atomic E-state index is 6.41. The van der Waals surface area contributed by atoms with Gasteiger partial charge >= 0.3 is 0 Å². The Morgan fingerprint density at radius 1 is 0.264 bits per heavy atom. The quantitative estimate of drug-likeness (QED) is 0.0664. The molecule has 53 heavy (non-hydrogen) atoms. The second-order valence-corrected chi connectivity index (χ2v) is 17.5. The average Bonchev–Trinajstić information content (AvgIpc) is 3.17. The van der Waals surface area contributed by atoms with Gasteiger partial charge in [-0.15, -0.1) is 0 Å². The van der Waals surface area contributed by atoms with Gasteiger partial charge in [-0.05, 0) is 60.8 Å². The Morgan fingerprint density at radius 3 is 0.736 bits per heavy atom. The Bertz CT molecular complexity index is 857. The zero-order valence-electron chi connectivity index (χ0n) is 37.1. The molecule has 0 heterocycles. The predicted molar refractivity (Wildman–Crippen MR) is 243 cm³/mol. The molecule has 0 radical (unpaired) electrons. The summed E-state index contributed by atoms with van der Waals surface area (Å²) >= 11 is 0. The zero-order chi connectivity index (χ0) is 38.1. The average molecular weight is 738 g/mol. The summed E-state index contributed by atoms with van der Waals surface area (Å²) in [5.74, 6) is 0. The summed E-state index contributed by atoms with van der Waals surface area (Å²) in [6, 6.07) is 4.91. The van der Waals surface area contributed by atoms with Crippen LogP contribution in [0.4, 0.5) is 0 Å². The molecular formula is C52H99N. The first-order chi connectivity index (χ1) is 26.3. The standard InChI is InChI=1S/C52H99N/c1-4-7-10-13-16-19-22-25-28-31-34-37-40-43-49-46-47-50(48-53)52(45-42-39-36-33-30-27-24-21-18-15-12-9-6-3)51(49)44-41-38-35-32-29-26-23-20-17-14-11-8-5-2/h46-47H,4-45,48,53H2,1-3H3. The molecule has 0 atom stereocenters. The number of hydrogen-bond acceptors (Lipinski definition) is 1. The van der Waals surface area contributed by atoms with Crippen molar-refractivity contribution in [2.75, 3.05) is 0 Å². The maximum atomic E-state index is 6.41. The molecule has 0 aliphatic rings. The lowest BCUT2D eigenvalue weighted by Crippen LogP contribution is -2.09. The highest BCUT2D eigenvalue weighted by molar-refractivity contribution is 5.42. The van der Waals surface area contributed by atoms with Gasteiger partial charge in [-0.1, -0.05) is 264 Å². The molecule has 0 bridgehead atoms. The van der Waals surface area contributed by atoms with Crippen molar-refractivity contribution in [2.24, 2.45) is 5.73 Å². The van der Waals surface area contributed by atoms with Gasteiger partial charge in [0.1, 0.15) is 0 Å². The van der Waals surface area contributed by atoms with Gasteiger partial charge < -0.3 is 5.73 Å². The zero-order valence-corrected chi connectivity index (χ0v) is 37.1. The Kier molecular flexibility index (Phi) is 38.7. The van der Waals surface area contributed by atoms with Gasteiger partial charge in [-0.25, -0.2) is 0 Å². The lowest BCUT2D eigenvalue weighted by molar-refractivity contribution is 0.536. The summed E-state index contributed by atoms with van der Waals surface area (Å²) in [5.41, 5.74) is 12.9. The van der Waals surface area contributed by atoms with Crippen molar-refractivity contribution in [3.63, 3.8) is 0 Å². The van der Waals surface area contributed by atoms with Gasteiger partial charge in [0.15, 0.2) is 0 Å². The Morgan fingerprint density at radius 2 is 0.472 bits per heavy atom. The first-order valence-corrected chi connectivity index (χ1v) is 25.1. The van der Waals surface area contributed by atoms with Gasteiger partial charge in [-0.3, -0.25) is 0 Å². The molecule has 312 valence electrons. The highest BCUT2D eigenvalue weighted by atomic mass is 14.5. The molecule has 0 saturated heterocycles. The lowest BCUT2D eigenvalue weighted by atomic mass is 9.87. The lowest BCUT2D eigenvalue weighted by Gasteiger charge is -2.19. The van der Waals surface area contributed by atoms with E-state index in [-0.39, 0.29) is 0 Å². The fraction of sp³-hybridized carbons (Fsp3) is 0.885. The summed E-state index contributed by atoms with van der Waals surface area (Å²) in [5, 5.41) is 0. The smallest absolute Gasteiger partial charge is 0.0180 e. The van der Waals surface area contributed by atoms with E-state index >= 15 is 0 Å². The number of hydrogen-bond donors (Lipinski definition) is 1. The molecule has 1 aromatic rings. The second kappa shape index (κ2) is 40.8. The third-order valence-electron chi connectivity index (χ3n) is 12.5. The van der Waals surface area contributed by atoms with Crippen LogP contribution in [0.3, 0.4) is 0 Å². The van der Waals surface area contributed by atoms with Crippen LogP contribution in [0.25, 0.3) is 0 Å². The number of benzene rings is 1. The van der Waals surface area contributed by atoms with E-state index in [1.165, 1.54) is 275 Å². The summed E-state index contributed by atoms with van der Waals surface area (Å²) in [6.07, 6.45) is 59.7. The highest BCUT2D eigenvalue weighted by Gasteiger charge is 2.13. The number of rotatable bonds is 43. The Labute approximate surface area is 336 Å². The molecule has 0 unspecified atom stereocenters. The highest BCUT2D eigenvalue weighted by Crippen LogP contribution is 2.27. The van der Waals surface area contributed by atoms with Crippen LogP contribution in [-0.2, 0) is 25.8 Å². The van der Waals surface area contributed by atoms with Crippen LogP contribution in [0, 0.1) is 0 Å². The summed E-state index contributed by atoms with van der Waals surface area (Å²) in [6.45, 7) is 7.65. The third kappa shape index (κ3) is 31.0. The molecule has 1 heteroatoms. The predicted octanol–water partition coefficient (Wildman–Crippen LogP) is 18.0. The van der Waals surface area contributed by atoms with Crippen molar-refractivity contribution in [1.29, 1.82) is 0 Å². The fourth-order valence-electron chi connectivity index (χ4n) is 8.81. The minimum Gasteiger partial charge on any atom is -0.326 e. The van der Waals surface area contributed by atoms with E-state index in [0.29, 0.717) is 6.54 Å². The van der Waals surface area contributed by atoms with Crippen molar-refractivity contribution in [3.05, 3.63) is 34.4 Å². The van der Waals surface area contributed by atoms with Gasteiger partial charge in [0.05, 0.1) is 0 Å². The van der Waals surface area contributed by atoms with E-state index in [1.54, 1.807) is 16.7 Å². The molecule has 0 aliphatic heterocycles. The second-order valence-electron chi connectivity index (χ2n) is 17.5. The molecule has 0 fully saturated rings. The van der Waals surface area contributed by atoms with E-state index in [4.69, 9.17) is 5.73 Å². The van der Waals surface area contributed by atoms with Gasteiger partial charge in [0.25, 0.3) is 0 Å². The normalized spacial score (nSPS) is 11.6. The van der Waals surface area contributed by atoms with Crippen molar-refractivity contribution < 1.29 is 0 Å². The van der Waals surface area contributed by atoms with Crippen LogP contribution in [-0.4, -0.2) is 0 Å². The SMILES string of the molecule is CCCCCCCCCCCCCCCc1ccc(CN)c(CCCCCCCCCCCCCCC)c1CCCCCCCCCCCCCCC. The van der Waals surface area contributed by atoms with E-state index in [0.717, 1.165) is 0 Å². The van der Waals surface area contributed by atoms with Crippen LogP contribution in [0.5, 0.6) is 0 Å². The van der Waals surface area contributed by atoms with Crippen molar-refractivity contribution in [1.82, 2.24) is 0 Å². The van der Waals surface area contributed by atoms with Crippen molar-refractivity contribution in [3.8, 4) is 0 Å². The molecule has 1 nitrogen and oxygen atoms in total. The van der Waals surface area contributed by atoms with Crippen LogP contribution >= 0.6 is 0 Å². The van der Waals surface area contributed by atoms with Crippen molar-refractivity contribution in [2.45, 2.75) is 297 Å². The molecule has 0 spiro atoms. The van der Waals surface area contributed by atoms with Crippen molar-refractivity contribution >= 4 is 0 Å². The first-order valence-electron chi connectivity index (χ1n) is 25.1. The molecule has 0 saturated carbocycles. The summed E-state index contributed by atoms with van der Waals surface area (Å²) in [4.78, 5) is 0. The number of unbranched alkanes of at least 4 members (excludes halogenated alkanes) is 36. The van der Waals surface area contributed by atoms with E-state index in [9.17, 15) is 0 Å². The van der Waals surface area contributed by atoms with Crippen LogP contribution < -0.4 is 5.73 Å². The number of aryl methyl sites for hydroxylation is 1. The van der Waals surface area contributed by atoms with Crippen LogP contribution in [0.1, 0.15) is 293 Å². The van der Waals surface area contributed by atoms with Gasteiger partial charge in [-0.2, -0.15) is 0 Å². The first kappa shape index (κ1) is 50.2.